The third-order valence-corrected chi connectivity index (χ3v) is 3.35. The van der Waals surface area contributed by atoms with Crippen LogP contribution in [0, 0.1) is 6.92 Å². The van der Waals surface area contributed by atoms with Crippen molar-refractivity contribution in [3.05, 3.63) is 41.6 Å². The van der Waals surface area contributed by atoms with Crippen LogP contribution in [0.15, 0.2) is 30.3 Å². The third-order valence-electron chi connectivity index (χ3n) is 3.35. The molecule has 0 aliphatic carbocycles. The van der Waals surface area contributed by atoms with Gasteiger partial charge in [0.15, 0.2) is 0 Å². The first-order chi connectivity index (χ1) is 9.79. The second-order valence-corrected chi connectivity index (χ2v) is 5.87. The number of ether oxygens (including phenoxy) is 1. The normalized spacial score (nSPS) is 11.4. The third kappa shape index (κ3) is 3.42. The lowest BCUT2D eigenvalue weighted by atomic mass is 9.90. The van der Waals surface area contributed by atoms with Crippen molar-refractivity contribution in [2.24, 2.45) is 0 Å². The molecule has 0 aliphatic heterocycles. The molecular weight excluding hydrogens is 266 g/mol. The summed E-state index contributed by atoms with van der Waals surface area (Å²) in [5.41, 5.74) is 8.55. The van der Waals surface area contributed by atoms with Gasteiger partial charge in [0.1, 0.15) is 12.4 Å². The summed E-state index contributed by atoms with van der Waals surface area (Å²) >= 11 is 0. The summed E-state index contributed by atoms with van der Waals surface area (Å²) in [6.07, 6.45) is 0. The molecule has 21 heavy (non-hydrogen) atoms. The summed E-state index contributed by atoms with van der Waals surface area (Å²) in [7, 11) is 0. The fraction of sp³-hybridized carbons (Fsp3) is 0.375. The van der Waals surface area contributed by atoms with Gasteiger partial charge in [0.2, 0.25) is 0 Å². The minimum Gasteiger partial charge on any atom is -0.465 e. The molecule has 5 nitrogen and oxygen atoms in total. The van der Waals surface area contributed by atoms with Gasteiger partial charge < -0.3 is 10.5 Å². The van der Waals surface area contributed by atoms with Gasteiger partial charge in [-0.05, 0) is 19.1 Å². The van der Waals surface area contributed by atoms with Crippen LogP contribution < -0.4 is 5.73 Å². The molecular formula is C16H21N3O2. The maximum atomic E-state index is 11.0. The Labute approximate surface area is 124 Å². The van der Waals surface area contributed by atoms with Crippen LogP contribution in [0.4, 0.5) is 5.82 Å². The highest BCUT2D eigenvalue weighted by Crippen LogP contribution is 2.26. The average Bonchev–Trinajstić information content (AvgIpc) is 2.80. The van der Waals surface area contributed by atoms with Crippen molar-refractivity contribution in [3.63, 3.8) is 0 Å². The van der Waals surface area contributed by atoms with Crippen LogP contribution in [0.25, 0.3) is 5.69 Å². The van der Waals surface area contributed by atoms with Crippen LogP contribution >= 0.6 is 0 Å². The fourth-order valence-electron chi connectivity index (χ4n) is 1.98. The molecule has 0 amide bonds. The zero-order valence-corrected chi connectivity index (χ0v) is 12.9. The summed E-state index contributed by atoms with van der Waals surface area (Å²) in [5, 5.41) is 4.56. The number of carbonyl (C=O) groups excluding carboxylic acids is 1. The molecule has 2 aromatic rings. The first kappa shape index (κ1) is 15.1. The van der Waals surface area contributed by atoms with E-state index in [1.54, 1.807) is 4.68 Å². The predicted molar refractivity (Wildman–Crippen MR) is 82.4 cm³/mol. The molecule has 1 aromatic carbocycles. The van der Waals surface area contributed by atoms with E-state index in [1.165, 1.54) is 12.5 Å². The van der Waals surface area contributed by atoms with E-state index in [0.29, 0.717) is 5.82 Å². The van der Waals surface area contributed by atoms with Crippen molar-refractivity contribution in [1.82, 2.24) is 9.78 Å². The topological polar surface area (TPSA) is 70.1 Å². The fourth-order valence-corrected chi connectivity index (χ4v) is 1.98. The quantitative estimate of drug-likeness (QED) is 0.877. The molecule has 1 heterocycles. The van der Waals surface area contributed by atoms with Gasteiger partial charge in [0.25, 0.3) is 0 Å². The number of hydrogen-bond donors (Lipinski definition) is 1. The van der Waals surface area contributed by atoms with Crippen LogP contribution in [0.3, 0.4) is 0 Å². The van der Waals surface area contributed by atoms with Crippen LogP contribution in [0.1, 0.15) is 32.0 Å². The van der Waals surface area contributed by atoms with Gasteiger partial charge in [0, 0.05) is 18.4 Å². The van der Waals surface area contributed by atoms with Gasteiger partial charge in [-0.15, -0.1) is 0 Å². The van der Waals surface area contributed by atoms with Crippen molar-refractivity contribution in [2.45, 2.75) is 33.1 Å². The van der Waals surface area contributed by atoms with Gasteiger partial charge in [-0.3, -0.25) is 4.79 Å². The highest BCUT2D eigenvalue weighted by atomic mass is 16.5. The van der Waals surface area contributed by atoms with Gasteiger partial charge in [-0.25, -0.2) is 4.68 Å². The number of nitrogens with zero attached hydrogens (tertiary/aromatic N) is 2. The molecule has 0 saturated carbocycles. The second kappa shape index (κ2) is 5.60. The molecule has 0 spiro atoms. The summed E-state index contributed by atoms with van der Waals surface area (Å²) in [5.74, 6) is 0.263. The monoisotopic (exact) mass is 287 g/mol. The summed E-state index contributed by atoms with van der Waals surface area (Å²) in [4.78, 5) is 11.0. The van der Waals surface area contributed by atoms with E-state index in [0.717, 1.165) is 11.4 Å². The first-order valence-electron chi connectivity index (χ1n) is 6.86. The molecule has 0 atom stereocenters. The van der Waals surface area contributed by atoms with Crippen LogP contribution in [0.5, 0.6) is 0 Å². The number of esters is 1. The Morgan fingerprint density at radius 1 is 1.33 bits per heavy atom. The number of carbonyl (C=O) groups is 1. The maximum absolute atomic E-state index is 11.0. The molecule has 0 bridgehead atoms. The van der Waals surface area contributed by atoms with Crippen LogP contribution in [0.2, 0.25) is 0 Å². The van der Waals surface area contributed by atoms with Crippen molar-refractivity contribution >= 4 is 11.8 Å². The number of nitrogen functional groups attached to an aromatic ring is 1. The van der Waals surface area contributed by atoms with Crippen LogP contribution in [-0.2, 0) is 14.9 Å². The molecule has 0 fully saturated rings. The smallest absolute Gasteiger partial charge is 0.302 e. The average molecular weight is 287 g/mol. The number of benzene rings is 1. The van der Waals surface area contributed by atoms with E-state index in [-0.39, 0.29) is 12.6 Å². The van der Waals surface area contributed by atoms with Crippen molar-refractivity contribution < 1.29 is 9.53 Å². The van der Waals surface area contributed by atoms with E-state index in [4.69, 9.17) is 10.5 Å². The Bertz CT molecular complexity index is 642. The van der Waals surface area contributed by atoms with Gasteiger partial charge in [-0.2, -0.15) is 5.10 Å². The van der Waals surface area contributed by atoms with Crippen LogP contribution in [-0.4, -0.2) is 22.4 Å². The number of hydrogen-bond acceptors (Lipinski definition) is 4. The van der Waals surface area contributed by atoms with Crippen molar-refractivity contribution in [3.8, 4) is 5.69 Å². The molecule has 2 rings (SSSR count). The number of aromatic nitrogens is 2. The highest BCUT2D eigenvalue weighted by Gasteiger charge is 2.26. The Balaban J connectivity index is 2.30. The van der Waals surface area contributed by atoms with Gasteiger partial charge >= 0.3 is 5.97 Å². The van der Waals surface area contributed by atoms with Gasteiger partial charge in [-0.1, -0.05) is 31.5 Å². The first-order valence-corrected chi connectivity index (χ1v) is 6.86. The lowest BCUT2D eigenvalue weighted by Gasteiger charge is -2.21. The lowest BCUT2D eigenvalue weighted by Crippen LogP contribution is -2.26. The Morgan fingerprint density at radius 2 is 1.95 bits per heavy atom. The van der Waals surface area contributed by atoms with Gasteiger partial charge in [0.05, 0.1) is 11.4 Å². The number of anilines is 1. The predicted octanol–water partition coefficient (Wildman–Crippen LogP) is 2.60. The minimum absolute atomic E-state index is 0.271. The molecule has 5 heteroatoms. The molecule has 1 aromatic heterocycles. The second-order valence-electron chi connectivity index (χ2n) is 5.87. The number of nitrogens with two attached hydrogens (primary N) is 1. The maximum Gasteiger partial charge on any atom is 0.302 e. The SMILES string of the molecule is CC(=O)OCC(C)(C)c1cc(N)n(-c2ccc(C)cc2)n1. The van der Waals surface area contributed by atoms with E-state index in [9.17, 15) is 4.79 Å². The lowest BCUT2D eigenvalue weighted by molar-refractivity contribution is -0.142. The molecule has 112 valence electrons. The summed E-state index contributed by atoms with van der Waals surface area (Å²) in [6, 6.07) is 9.80. The van der Waals surface area contributed by atoms with E-state index in [1.807, 2.05) is 51.1 Å². The zero-order chi connectivity index (χ0) is 15.6. The Kier molecular flexibility index (Phi) is 4.02. The molecule has 2 N–H and O–H groups in total. The van der Waals surface area contributed by atoms with E-state index < -0.39 is 5.41 Å². The Hall–Kier alpha value is -2.30. The number of rotatable bonds is 4. The number of aryl methyl sites for hydroxylation is 1. The summed E-state index contributed by atoms with van der Waals surface area (Å²) in [6.45, 7) is 7.64. The standard InChI is InChI=1S/C16H21N3O2/c1-11-5-7-13(8-6-11)19-15(17)9-14(18-19)16(3,4)10-21-12(2)20/h5-9H,10,17H2,1-4H3. The molecule has 0 saturated heterocycles. The molecule has 0 aliphatic rings. The van der Waals surface area contributed by atoms with Crippen molar-refractivity contribution in [2.75, 3.05) is 12.3 Å². The van der Waals surface area contributed by atoms with E-state index in [2.05, 4.69) is 5.10 Å². The minimum atomic E-state index is -0.393. The zero-order valence-electron chi connectivity index (χ0n) is 12.9. The molecule has 0 unspecified atom stereocenters. The van der Waals surface area contributed by atoms with Crippen molar-refractivity contribution in [1.29, 1.82) is 0 Å². The molecule has 0 radical (unpaired) electrons. The Morgan fingerprint density at radius 3 is 2.52 bits per heavy atom. The summed E-state index contributed by atoms with van der Waals surface area (Å²) < 4.78 is 6.80. The highest BCUT2D eigenvalue weighted by molar-refractivity contribution is 5.66. The largest absolute Gasteiger partial charge is 0.465 e. The van der Waals surface area contributed by atoms with E-state index >= 15 is 0 Å².